The third kappa shape index (κ3) is 3.51. The molecule has 6 nitrogen and oxygen atoms in total. The van der Waals surface area contributed by atoms with Gasteiger partial charge in [-0.15, -0.1) is 0 Å². The van der Waals surface area contributed by atoms with Gasteiger partial charge in [0.05, 0.1) is 5.39 Å². The van der Waals surface area contributed by atoms with Crippen LogP contribution in [0.15, 0.2) is 29.1 Å². The van der Waals surface area contributed by atoms with Crippen molar-refractivity contribution in [2.24, 2.45) is 11.7 Å². The number of carbonyl (C=O) groups is 1. The van der Waals surface area contributed by atoms with Gasteiger partial charge in [-0.2, -0.15) is 5.10 Å². The van der Waals surface area contributed by atoms with Crippen molar-refractivity contribution >= 4 is 16.7 Å². The zero-order chi connectivity index (χ0) is 18.8. The maximum absolute atomic E-state index is 13.4. The quantitative estimate of drug-likeness (QED) is 0.912. The molecule has 0 radical (unpaired) electrons. The van der Waals surface area contributed by atoms with Crippen LogP contribution in [0, 0.1) is 5.92 Å². The molecule has 0 spiro atoms. The highest BCUT2D eigenvalue weighted by Crippen LogP contribution is 2.23. The van der Waals surface area contributed by atoms with E-state index in [4.69, 9.17) is 5.73 Å². The van der Waals surface area contributed by atoms with Crippen LogP contribution in [0.5, 0.6) is 0 Å². The summed E-state index contributed by atoms with van der Waals surface area (Å²) in [7, 11) is 0. The minimum absolute atomic E-state index is 0.0160. The first kappa shape index (κ1) is 18.6. The fourth-order valence-corrected chi connectivity index (χ4v) is 3.75. The van der Waals surface area contributed by atoms with Gasteiger partial charge < -0.3 is 10.6 Å². The first-order chi connectivity index (χ1) is 12.4. The highest BCUT2D eigenvalue weighted by atomic mass is 16.2. The molecular formula is C20H28N4O2. The molecule has 1 fully saturated rings. The molecule has 1 aromatic heterocycles. The normalized spacial score (nSPS) is 19.1. The number of benzene rings is 1. The summed E-state index contributed by atoms with van der Waals surface area (Å²) in [6.45, 7) is 7.18. The van der Waals surface area contributed by atoms with Gasteiger partial charge in [-0.25, -0.2) is 4.68 Å². The molecule has 2 atom stereocenters. The number of amides is 1. The molecule has 2 heterocycles. The number of hydrogen-bond acceptors (Lipinski definition) is 4. The molecular weight excluding hydrogens is 328 g/mol. The van der Waals surface area contributed by atoms with Gasteiger partial charge >= 0.3 is 0 Å². The average molecular weight is 356 g/mol. The number of carbonyl (C=O) groups excluding carboxylic acids is 1. The Morgan fingerprint density at radius 1 is 1.23 bits per heavy atom. The van der Waals surface area contributed by atoms with E-state index in [0.29, 0.717) is 29.6 Å². The van der Waals surface area contributed by atoms with Crippen molar-refractivity contribution < 1.29 is 4.79 Å². The molecule has 0 bridgehead atoms. The molecule has 1 amide bonds. The van der Waals surface area contributed by atoms with Crippen molar-refractivity contribution in [3.05, 3.63) is 40.3 Å². The fraction of sp³-hybridized carbons (Fsp3) is 0.550. The zero-order valence-corrected chi connectivity index (χ0v) is 15.8. The van der Waals surface area contributed by atoms with Crippen LogP contribution in [0.3, 0.4) is 0 Å². The highest BCUT2D eigenvalue weighted by molar-refractivity contribution is 6.04. The predicted molar refractivity (Wildman–Crippen MR) is 103 cm³/mol. The summed E-state index contributed by atoms with van der Waals surface area (Å²) in [5.74, 6) is 0.136. The lowest BCUT2D eigenvalue weighted by molar-refractivity contribution is 0.0577. The summed E-state index contributed by atoms with van der Waals surface area (Å²) in [5.41, 5.74) is 6.35. The van der Waals surface area contributed by atoms with E-state index in [1.165, 1.54) is 4.68 Å². The Morgan fingerprint density at radius 3 is 2.58 bits per heavy atom. The molecule has 2 aromatic rings. The standard InChI is InChI=1S/C20H28N4O2/c1-13(2)12-24-19(25)16-9-5-4-8-15(16)18(22-24)20(26)23-11-7-6-10-17(23)14(3)21/h4-5,8-9,13-14,17H,6-7,10-12,21H2,1-3H3. The molecule has 1 aliphatic rings. The van der Waals surface area contributed by atoms with Crippen molar-refractivity contribution in [3.63, 3.8) is 0 Å². The van der Waals surface area contributed by atoms with Crippen LogP contribution in [-0.4, -0.2) is 39.2 Å². The molecule has 1 aromatic carbocycles. The number of nitrogens with two attached hydrogens (primary N) is 1. The van der Waals surface area contributed by atoms with Crippen molar-refractivity contribution in [2.75, 3.05) is 6.54 Å². The summed E-state index contributed by atoms with van der Waals surface area (Å²) >= 11 is 0. The number of aromatic nitrogens is 2. The number of nitrogens with zero attached hydrogens (tertiary/aromatic N) is 3. The molecule has 6 heteroatoms. The second-order valence-corrected chi connectivity index (χ2v) is 7.70. The highest BCUT2D eigenvalue weighted by Gasteiger charge is 2.32. The van der Waals surface area contributed by atoms with E-state index < -0.39 is 0 Å². The van der Waals surface area contributed by atoms with E-state index in [2.05, 4.69) is 5.10 Å². The molecule has 2 N–H and O–H groups in total. The Bertz CT molecular complexity index is 857. The van der Waals surface area contributed by atoms with E-state index in [-0.39, 0.29) is 29.5 Å². The van der Waals surface area contributed by atoms with Crippen molar-refractivity contribution in [2.45, 2.75) is 58.7 Å². The Balaban J connectivity index is 2.12. The number of hydrogen-bond donors (Lipinski definition) is 1. The summed E-state index contributed by atoms with van der Waals surface area (Å²) in [4.78, 5) is 28.0. The SMILES string of the molecule is CC(C)Cn1nc(C(=O)N2CCCCC2C(C)N)c2ccccc2c1=O. The van der Waals surface area contributed by atoms with E-state index in [1.54, 1.807) is 6.07 Å². The Hall–Kier alpha value is -2.21. The Kier molecular flexibility index (Phi) is 5.41. The smallest absolute Gasteiger partial charge is 0.275 e. The van der Waals surface area contributed by atoms with Crippen LogP contribution in [0.2, 0.25) is 0 Å². The van der Waals surface area contributed by atoms with Crippen LogP contribution >= 0.6 is 0 Å². The van der Waals surface area contributed by atoms with Gasteiger partial charge in [0.1, 0.15) is 0 Å². The summed E-state index contributed by atoms with van der Waals surface area (Å²) in [5, 5.41) is 5.65. The average Bonchev–Trinajstić information content (AvgIpc) is 2.63. The van der Waals surface area contributed by atoms with E-state index in [1.807, 2.05) is 43.9 Å². The van der Waals surface area contributed by atoms with Gasteiger partial charge in [-0.1, -0.05) is 32.0 Å². The van der Waals surface area contributed by atoms with Gasteiger partial charge in [0.2, 0.25) is 0 Å². The van der Waals surface area contributed by atoms with E-state index in [9.17, 15) is 9.59 Å². The molecule has 1 aliphatic heterocycles. The topological polar surface area (TPSA) is 81.2 Å². The lowest BCUT2D eigenvalue weighted by Crippen LogP contribution is -2.52. The molecule has 2 unspecified atom stereocenters. The Morgan fingerprint density at radius 2 is 1.92 bits per heavy atom. The minimum atomic E-state index is -0.145. The van der Waals surface area contributed by atoms with Gasteiger partial charge in [0, 0.05) is 30.6 Å². The van der Waals surface area contributed by atoms with Crippen LogP contribution in [-0.2, 0) is 6.54 Å². The van der Waals surface area contributed by atoms with Crippen molar-refractivity contribution in [1.82, 2.24) is 14.7 Å². The number of fused-ring (bicyclic) bond motifs is 1. The van der Waals surface area contributed by atoms with Crippen molar-refractivity contribution in [1.29, 1.82) is 0 Å². The Labute approximate surface area is 154 Å². The first-order valence-electron chi connectivity index (χ1n) is 9.46. The lowest BCUT2D eigenvalue weighted by atomic mass is 9.96. The molecule has 0 saturated carbocycles. The third-order valence-electron chi connectivity index (χ3n) is 5.03. The van der Waals surface area contributed by atoms with Gasteiger partial charge in [0.15, 0.2) is 5.69 Å². The van der Waals surface area contributed by atoms with E-state index >= 15 is 0 Å². The predicted octanol–water partition coefficient (Wildman–Crippen LogP) is 2.39. The second kappa shape index (κ2) is 7.58. The summed E-state index contributed by atoms with van der Waals surface area (Å²) in [6, 6.07) is 7.16. The fourth-order valence-electron chi connectivity index (χ4n) is 3.75. The maximum Gasteiger partial charge on any atom is 0.275 e. The number of likely N-dealkylation sites (tertiary alicyclic amines) is 1. The molecule has 3 rings (SSSR count). The lowest BCUT2D eigenvalue weighted by Gasteiger charge is -2.38. The molecule has 26 heavy (non-hydrogen) atoms. The summed E-state index contributed by atoms with van der Waals surface area (Å²) < 4.78 is 1.44. The van der Waals surface area contributed by atoms with Crippen LogP contribution in [0.25, 0.3) is 10.8 Å². The first-order valence-corrected chi connectivity index (χ1v) is 9.46. The van der Waals surface area contributed by atoms with Gasteiger partial charge in [-0.3, -0.25) is 9.59 Å². The van der Waals surface area contributed by atoms with Crippen LogP contribution < -0.4 is 11.3 Å². The number of piperidine rings is 1. The zero-order valence-electron chi connectivity index (χ0n) is 15.8. The van der Waals surface area contributed by atoms with E-state index in [0.717, 1.165) is 19.3 Å². The largest absolute Gasteiger partial charge is 0.333 e. The maximum atomic E-state index is 13.4. The van der Waals surface area contributed by atoms with Gasteiger partial charge in [0.25, 0.3) is 11.5 Å². The monoisotopic (exact) mass is 356 g/mol. The van der Waals surface area contributed by atoms with Crippen molar-refractivity contribution in [3.8, 4) is 0 Å². The third-order valence-corrected chi connectivity index (χ3v) is 5.03. The minimum Gasteiger partial charge on any atom is -0.333 e. The number of rotatable bonds is 4. The van der Waals surface area contributed by atoms with Gasteiger partial charge in [-0.05, 0) is 38.2 Å². The second-order valence-electron chi connectivity index (χ2n) is 7.70. The van der Waals surface area contributed by atoms with Crippen LogP contribution in [0.4, 0.5) is 0 Å². The summed E-state index contributed by atoms with van der Waals surface area (Å²) in [6.07, 6.45) is 2.96. The molecule has 140 valence electrons. The molecule has 0 aliphatic carbocycles. The molecule has 1 saturated heterocycles. The van der Waals surface area contributed by atoms with Crippen LogP contribution in [0.1, 0.15) is 50.5 Å².